The van der Waals surface area contributed by atoms with E-state index in [1.165, 1.54) is 14.2 Å². The van der Waals surface area contributed by atoms with Crippen molar-refractivity contribution in [3.05, 3.63) is 23.8 Å². The van der Waals surface area contributed by atoms with Crippen LogP contribution in [0.25, 0.3) is 0 Å². The summed E-state index contributed by atoms with van der Waals surface area (Å²) in [6.45, 7) is 6.08. The molecule has 0 radical (unpaired) electrons. The highest BCUT2D eigenvalue weighted by atomic mass is 16.5. The van der Waals surface area contributed by atoms with Crippen molar-refractivity contribution in [3.8, 4) is 11.5 Å². The third kappa shape index (κ3) is 4.93. The molecule has 1 aromatic carbocycles. The SMILES string of the molecule is COC(=O)C(CC(C)C)NC(C)c1ccc(O)c(OC)c1. The molecule has 5 nitrogen and oxygen atoms in total. The van der Waals surface area contributed by atoms with Crippen molar-refractivity contribution < 1.29 is 19.4 Å². The molecular weight excluding hydrogens is 270 g/mol. The largest absolute Gasteiger partial charge is 0.504 e. The number of hydrogen-bond donors (Lipinski definition) is 2. The predicted molar refractivity (Wildman–Crippen MR) is 81.5 cm³/mol. The first-order chi connectivity index (χ1) is 9.88. The van der Waals surface area contributed by atoms with E-state index in [9.17, 15) is 9.90 Å². The van der Waals surface area contributed by atoms with Gasteiger partial charge in [-0.1, -0.05) is 19.9 Å². The second kappa shape index (κ2) is 7.88. The molecule has 0 bridgehead atoms. The molecular formula is C16H25NO4. The number of carbonyl (C=O) groups is 1. The maximum Gasteiger partial charge on any atom is 0.322 e. The van der Waals surface area contributed by atoms with E-state index in [-0.39, 0.29) is 23.8 Å². The van der Waals surface area contributed by atoms with Crippen LogP contribution in [0.2, 0.25) is 0 Å². The van der Waals surface area contributed by atoms with Crippen molar-refractivity contribution in [1.29, 1.82) is 0 Å². The first-order valence-electron chi connectivity index (χ1n) is 7.09. The molecule has 0 aliphatic carbocycles. The van der Waals surface area contributed by atoms with Gasteiger partial charge in [0.05, 0.1) is 14.2 Å². The van der Waals surface area contributed by atoms with E-state index in [1.54, 1.807) is 18.2 Å². The van der Waals surface area contributed by atoms with Crippen LogP contribution in [0.4, 0.5) is 0 Å². The monoisotopic (exact) mass is 295 g/mol. The summed E-state index contributed by atoms with van der Waals surface area (Å²) in [6.07, 6.45) is 0.701. The van der Waals surface area contributed by atoms with E-state index in [0.29, 0.717) is 18.1 Å². The standard InChI is InChI=1S/C16H25NO4/c1-10(2)8-13(16(19)21-5)17-11(3)12-6-7-14(18)15(9-12)20-4/h6-7,9-11,13,17-18H,8H2,1-5H3. The molecule has 2 atom stereocenters. The molecule has 118 valence electrons. The third-order valence-electron chi connectivity index (χ3n) is 3.35. The van der Waals surface area contributed by atoms with Crippen molar-refractivity contribution >= 4 is 5.97 Å². The number of phenolic OH excluding ortho intramolecular Hbond substituents is 1. The third-order valence-corrected chi connectivity index (χ3v) is 3.35. The number of aromatic hydroxyl groups is 1. The first-order valence-corrected chi connectivity index (χ1v) is 7.09. The Morgan fingerprint density at radius 3 is 2.48 bits per heavy atom. The summed E-state index contributed by atoms with van der Waals surface area (Å²) < 4.78 is 9.95. The lowest BCUT2D eigenvalue weighted by atomic mass is 10.0. The molecule has 0 saturated carbocycles. The fourth-order valence-corrected chi connectivity index (χ4v) is 2.21. The van der Waals surface area contributed by atoms with Gasteiger partial charge in [0.2, 0.25) is 0 Å². The van der Waals surface area contributed by atoms with Crippen LogP contribution in [0.5, 0.6) is 11.5 Å². The lowest BCUT2D eigenvalue weighted by Crippen LogP contribution is -2.40. The van der Waals surface area contributed by atoms with Crippen LogP contribution in [0.1, 0.15) is 38.8 Å². The second-order valence-corrected chi connectivity index (χ2v) is 5.52. The van der Waals surface area contributed by atoms with Crippen LogP contribution < -0.4 is 10.1 Å². The van der Waals surface area contributed by atoms with Gasteiger partial charge in [0.25, 0.3) is 0 Å². The molecule has 5 heteroatoms. The van der Waals surface area contributed by atoms with E-state index in [4.69, 9.17) is 9.47 Å². The van der Waals surface area contributed by atoms with Gasteiger partial charge in [-0.3, -0.25) is 10.1 Å². The van der Waals surface area contributed by atoms with Gasteiger partial charge in [0.15, 0.2) is 11.5 Å². The zero-order valence-corrected chi connectivity index (χ0v) is 13.3. The number of nitrogens with one attached hydrogen (secondary N) is 1. The Hall–Kier alpha value is -1.75. The second-order valence-electron chi connectivity index (χ2n) is 5.52. The molecule has 21 heavy (non-hydrogen) atoms. The zero-order valence-electron chi connectivity index (χ0n) is 13.3. The molecule has 2 unspecified atom stereocenters. The van der Waals surface area contributed by atoms with E-state index in [0.717, 1.165) is 5.56 Å². The van der Waals surface area contributed by atoms with Gasteiger partial charge in [-0.25, -0.2) is 0 Å². The number of hydrogen-bond acceptors (Lipinski definition) is 5. The first kappa shape index (κ1) is 17.3. The summed E-state index contributed by atoms with van der Waals surface area (Å²) in [6, 6.07) is 4.73. The summed E-state index contributed by atoms with van der Waals surface area (Å²) in [7, 11) is 2.90. The topological polar surface area (TPSA) is 67.8 Å². The van der Waals surface area contributed by atoms with Gasteiger partial charge < -0.3 is 14.6 Å². The summed E-state index contributed by atoms with van der Waals surface area (Å²) in [5.74, 6) is 0.629. The lowest BCUT2D eigenvalue weighted by Gasteiger charge is -2.23. The molecule has 1 rings (SSSR count). The van der Waals surface area contributed by atoms with Crippen LogP contribution >= 0.6 is 0 Å². The van der Waals surface area contributed by atoms with Crippen molar-refractivity contribution in [1.82, 2.24) is 5.32 Å². The van der Waals surface area contributed by atoms with E-state index in [1.807, 2.05) is 6.92 Å². The molecule has 0 aliphatic heterocycles. The van der Waals surface area contributed by atoms with Gasteiger partial charge in [-0.15, -0.1) is 0 Å². The Balaban J connectivity index is 2.85. The van der Waals surface area contributed by atoms with E-state index >= 15 is 0 Å². The Kier molecular flexibility index (Phi) is 6.49. The highest BCUT2D eigenvalue weighted by molar-refractivity contribution is 5.75. The molecule has 0 amide bonds. The van der Waals surface area contributed by atoms with Gasteiger partial charge in [0, 0.05) is 6.04 Å². The molecule has 2 N–H and O–H groups in total. The quantitative estimate of drug-likeness (QED) is 0.757. The summed E-state index contributed by atoms with van der Waals surface area (Å²) >= 11 is 0. The Labute approximate surface area is 126 Å². The minimum absolute atomic E-state index is 0.0673. The van der Waals surface area contributed by atoms with Crippen LogP contribution in [0.15, 0.2) is 18.2 Å². The van der Waals surface area contributed by atoms with E-state index in [2.05, 4.69) is 19.2 Å². The van der Waals surface area contributed by atoms with Gasteiger partial charge in [0.1, 0.15) is 6.04 Å². The van der Waals surface area contributed by atoms with Crippen molar-refractivity contribution in [2.24, 2.45) is 5.92 Å². The number of methoxy groups -OCH3 is 2. The smallest absolute Gasteiger partial charge is 0.322 e. The fourth-order valence-electron chi connectivity index (χ4n) is 2.21. The highest BCUT2D eigenvalue weighted by Crippen LogP contribution is 2.29. The highest BCUT2D eigenvalue weighted by Gasteiger charge is 2.23. The van der Waals surface area contributed by atoms with Crippen LogP contribution in [0.3, 0.4) is 0 Å². The minimum Gasteiger partial charge on any atom is -0.504 e. The maximum absolute atomic E-state index is 11.8. The van der Waals surface area contributed by atoms with Crippen LogP contribution in [0, 0.1) is 5.92 Å². The number of benzene rings is 1. The number of esters is 1. The maximum atomic E-state index is 11.8. The normalized spacial score (nSPS) is 13.8. The number of ether oxygens (including phenoxy) is 2. The Morgan fingerprint density at radius 2 is 1.95 bits per heavy atom. The van der Waals surface area contributed by atoms with Crippen LogP contribution in [-0.2, 0) is 9.53 Å². The number of rotatable bonds is 7. The zero-order chi connectivity index (χ0) is 16.0. The lowest BCUT2D eigenvalue weighted by molar-refractivity contribution is -0.143. The molecule has 1 aromatic rings. The average Bonchev–Trinajstić information content (AvgIpc) is 2.45. The summed E-state index contributed by atoms with van der Waals surface area (Å²) in [5, 5.41) is 12.9. The van der Waals surface area contributed by atoms with Crippen molar-refractivity contribution in [3.63, 3.8) is 0 Å². The molecule has 0 fully saturated rings. The van der Waals surface area contributed by atoms with Gasteiger partial charge >= 0.3 is 5.97 Å². The van der Waals surface area contributed by atoms with Crippen LogP contribution in [-0.4, -0.2) is 31.3 Å². The molecule has 0 heterocycles. The summed E-state index contributed by atoms with van der Waals surface area (Å²) in [5.41, 5.74) is 0.933. The summed E-state index contributed by atoms with van der Waals surface area (Å²) in [4.78, 5) is 11.8. The molecule has 0 saturated heterocycles. The average molecular weight is 295 g/mol. The van der Waals surface area contributed by atoms with E-state index < -0.39 is 0 Å². The Morgan fingerprint density at radius 1 is 1.29 bits per heavy atom. The minimum atomic E-state index is -0.357. The molecule has 0 spiro atoms. The van der Waals surface area contributed by atoms with Gasteiger partial charge in [-0.2, -0.15) is 0 Å². The van der Waals surface area contributed by atoms with Gasteiger partial charge in [-0.05, 0) is 37.0 Å². The Bertz CT molecular complexity index is 473. The van der Waals surface area contributed by atoms with Crippen molar-refractivity contribution in [2.75, 3.05) is 14.2 Å². The number of carbonyl (C=O) groups excluding carboxylic acids is 1. The molecule has 0 aromatic heterocycles. The molecule has 0 aliphatic rings. The van der Waals surface area contributed by atoms with Crippen molar-refractivity contribution in [2.45, 2.75) is 39.3 Å². The fraction of sp³-hybridized carbons (Fsp3) is 0.562. The number of phenols is 1. The predicted octanol–water partition coefficient (Wildman–Crippen LogP) is 2.64.